The lowest BCUT2D eigenvalue weighted by Gasteiger charge is -2.14. The summed E-state index contributed by atoms with van der Waals surface area (Å²) in [4.78, 5) is 3.94. The molecule has 0 aliphatic rings. The van der Waals surface area contributed by atoms with E-state index in [9.17, 15) is 8.42 Å². The van der Waals surface area contributed by atoms with Crippen molar-refractivity contribution in [2.45, 2.75) is 30.9 Å². The first-order chi connectivity index (χ1) is 9.37. The Morgan fingerprint density at radius 3 is 2.65 bits per heavy atom. The molecule has 1 unspecified atom stereocenters. The minimum Gasteiger partial charge on any atom is -0.390 e. The van der Waals surface area contributed by atoms with Gasteiger partial charge in [-0.05, 0) is 19.4 Å². The van der Waals surface area contributed by atoms with E-state index in [1.165, 1.54) is 10.8 Å². The Bertz CT molecular complexity index is 720. The second kappa shape index (κ2) is 5.38. The fourth-order valence-corrected chi connectivity index (χ4v) is 3.62. The third-order valence-corrected chi connectivity index (χ3v) is 5.53. The minimum absolute atomic E-state index is 0.0180. The van der Waals surface area contributed by atoms with E-state index < -0.39 is 15.1 Å². The highest BCUT2D eigenvalue weighted by molar-refractivity contribution is 7.91. The van der Waals surface area contributed by atoms with E-state index in [0.717, 1.165) is 11.1 Å². The zero-order chi connectivity index (χ0) is 14.9. The number of hydrogen-bond donors (Lipinski definition) is 1. The van der Waals surface area contributed by atoms with Gasteiger partial charge in [-0.2, -0.15) is 0 Å². The summed E-state index contributed by atoms with van der Waals surface area (Å²) in [5.41, 5.74) is 2.22. The molecule has 2 aromatic rings. The minimum atomic E-state index is -3.59. The number of aromatic nitrogens is 2. The molecule has 0 saturated carbocycles. The van der Waals surface area contributed by atoms with Crippen molar-refractivity contribution in [1.29, 1.82) is 0 Å². The second-order valence-electron chi connectivity index (χ2n) is 4.85. The smallest absolute Gasteiger partial charge is 0.228 e. The van der Waals surface area contributed by atoms with Crippen LogP contribution in [0.25, 0.3) is 0 Å². The average Bonchev–Trinajstić information content (AvgIpc) is 2.79. The van der Waals surface area contributed by atoms with Crippen LogP contribution in [0.5, 0.6) is 0 Å². The van der Waals surface area contributed by atoms with Gasteiger partial charge in [0.25, 0.3) is 0 Å². The predicted molar refractivity (Wildman–Crippen MR) is 75.9 cm³/mol. The largest absolute Gasteiger partial charge is 0.390 e. The number of aliphatic hydroxyl groups is 1. The van der Waals surface area contributed by atoms with Gasteiger partial charge in [0.15, 0.2) is 0 Å². The van der Waals surface area contributed by atoms with Gasteiger partial charge in [0.1, 0.15) is 0 Å². The summed E-state index contributed by atoms with van der Waals surface area (Å²) in [6.07, 6.45) is 1.38. The average molecular weight is 294 g/mol. The van der Waals surface area contributed by atoms with E-state index in [0.29, 0.717) is 5.69 Å². The van der Waals surface area contributed by atoms with Crippen LogP contribution in [0.3, 0.4) is 0 Å². The van der Waals surface area contributed by atoms with Crippen LogP contribution < -0.4 is 0 Å². The van der Waals surface area contributed by atoms with Crippen molar-refractivity contribution in [2.24, 2.45) is 7.05 Å². The van der Waals surface area contributed by atoms with Crippen LogP contribution >= 0.6 is 0 Å². The highest BCUT2D eigenvalue weighted by Gasteiger charge is 2.29. The van der Waals surface area contributed by atoms with E-state index in [1.807, 2.05) is 25.1 Å². The highest BCUT2D eigenvalue weighted by atomic mass is 32.2. The Hall–Kier alpha value is -1.66. The molecule has 20 heavy (non-hydrogen) atoms. The van der Waals surface area contributed by atoms with E-state index >= 15 is 0 Å². The van der Waals surface area contributed by atoms with Crippen LogP contribution in [0, 0.1) is 6.92 Å². The highest BCUT2D eigenvalue weighted by Crippen LogP contribution is 2.28. The van der Waals surface area contributed by atoms with Crippen LogP contribution in [0.15, 0.2) is 35.6 Å². The van der Waals surface area contributed by atoms with E-state index in [1.54, 1.807) is 20.0 Å². The van der Waals surface area contributed by atoms with E-state index in [4.69, 9.17) is 5.11 Å². The molecular formula is C14H18N2O3S. The number of aliphatic hydroxyl groups excluding tert-OH is 1. The Morgan fingerprint density at radius 2 is 2.10 bits per heavy atom. The Labute approximate surface area is 118 Å². The van der Waals surface area contributed by atoms with Crippen LogP contribution in [0.1, 0.15) is 29.0 Å². The van der Waals surface area contributed by atoms with Gasteiger partial charge in [-0.1, -0.05) is 29.8 Å². The lowest BCUT2D eigenvalue weighted by atomic mass is 10.1. The topological polar surface area (TPSA) is 72.2 Å². The standard InChI is InChI=1S/C14H18N2O3S/c1-10-5-4-6-12(7-10)11(2)20(18,19)14-15-8-13(9-17)16(14)3/h4-8,11,17H,9H2,1-3H3. The summed E-state index contributed by atoms with van der Waals surface area (Å²) in [7, 11) is -2.00. The van der Waals surface area contributed by atoms with Crippen molar-refractivity contribution in [2.75, 3.05) is 0 Å². The van der Waals surface area contributed by atoms with Gasteiger partial charge in [0.05, 0.1) is 23.7 Å². The van der Waals surface area contributed by atoms with Gasteiger partial charge in [-0.3, -0.25) is 0 Å². The summed E-state index contributed by atoms with van der Waals surface area (Å²) in [6, 6.07) is 7.42. The van der Waals surface area contributed by atoms with Crippen molar-refractivity contribution in [1.82, 2.24) is 9.55 Å². The van der Waals surface area contributed by atoms with Gasteiger partial charge in [0.2, 0.25) is 15.0 Å². The normalized spacial score (nSPS) is 13.4. The fraction of sp³-hybridized carbons (Fsp3) is 0.357. The molecule has 1 atom stereocenters. The molecule has 0 saturated heterocycles. The summed E-state index contributed by atoms with van der Waals surface area (Å²) in [6.45, 7) is 3.34. The van der Waals surface area contributed by atoms with Crippen LogP contribution in [-0.4, -0.2) is 23.1 Å². The van der Waals surface area contributed by atoms with Crippen LogP contribution in [0.4, 0.5) is 0 Å². The Balaban J connectivity index is 2.46. The predicted octanol–water partition coefficient (Wildman–Crippen LogP) is 1.76. The summed E-state index contributed by atoms with van der Waals surface area (Å²) < 4.78 is 26.7. The number of sulfone groups is 1. The molecule has 0 fully saturated rings. The van der Waals surface area contributed by atoms with Crippen molar-refractivity contribution >= 4 is 9.84 Å². The van der Waals surface area contributed by atoms with Crippen molar-refractivity contribution in [3.8, 4) is 0 Å². The Kier molecular flexibility index (Phi) is 3.96. The van der Waals surface area contributed by atoms with Crippen molar-refractivity contribution in [3.63, 3.8) is 0 Å². The van der Waals surface area contributed by atoms with E-state index in [-0.39, 0.29) is 11.8 Å². The molecule has 0 amide bonds. The number of imidazole rings is 1. The zero-order valence-corrected chi connectivity index (χ0v) is 12.6. The Morgan fingerprint density at radius 1 is 1.40 bits per heavy atom. The monoisotopic (exact) mass is 294 g/mol. The zero-order valence-electron chi connectivity index (χ0n) is 11.7. The third kappa shape index (κ3) is 2.48. The SMILES string of the molecule is Cc1cccc(C(C)S(=O)(=O)c2ncc(CO)n2C)c1. The molecule has 0 radical (unpaired) electrons. The first-order valence-corrected chi connectivity index (χ1v) is 7.84. The molecule has 6 heteroatoms. The number of benzene rings is 1. The van der Waals surface area contributed by atoms with Crippen LogP contribution in [-0.2, 0) is 23.5 Å². The quantitative estimate of drug-likeness (QED) is 0.932. The van der Waals surface area contributed by atoms with E-state index in [2.05, 4.69) is 4.98 Å². The van der Waals surface area contributed by atoms with Gasteiger partial charge in [0, 0.05) is 7.05 Å². The van der Waals surface area contributed by atoms with Gasteiger partial charge < -0.3 is 9.67 Å². The lowest BCUT2D eigenvalue weighted by Crippen LogP contribution is -2.16. The molecular weight excluding hydrogens is 276 g/mol. The number of nitrogens with zero attached hydrogens (tertiary/aromatic N) is 2. The molecule has 0 aliphatic heterocycles. The summed E-state index contributed by atoms with van der Waals surface area (Å²) >= 11 is 0. The molecule has 1 aromatic heterocycles. The molecule has 0 bridgehead atoms. The maximum Gasteiger partial charge on any atom is 0.228 e. The van der Waals surface area contributed by atoms with Crippen LogP contribution in [0.2, 0.25) is 0 Å². The molecule has 1 aromatic carbocycles. The molecule has 1 N–H and O–H groups in total. The maximum atomic E-state index is 12.6. The first-order valence-electron chi connectivity index (χ1n) is 6.30. The summed E-state index contributed by atoms with van der Waals surface area (Å²) in [5.74, 6) is 0. The van der Waals surface area contributed by atoms with Gasteiger partial charge in [-0.15, -0.1) is 0 Å². The van der Waals surface area contributed by atoms with Gasteiger partial charge >= 0.3 is 0 Å². The fourth-order valence-electron chi connectivity index (χ4n) is 2.10. The first kappa shape index (κ1) is 14.7. The molecule has 0 aliphatic carbocycles. The molecule has 108 valence electrons. The molecule has 2 rings (SSSR count). The number of hydrogen-bond acceptors (Lipinski definition) is 4. The molecule has 0 spiro atoms. The van der Waals surface area contributed by atoms with Crippen molar-refractivity contribution in [3.05, 3.63) is 47.3 Å². The molecule has 5 nitrogen and oxygen atoms in total. The number of aryl methyl sites for hydroxylation is 1. The molecule has 1 heterocycles. The summed E-state index contributed by atoms with van der Waals surface area (Å²) in [5, 5.41) is 8.43. The third-order valence-electron chi connectivity index (χ3n) is 3.44. The maximum absolute atomic E-state index is 12.6. The lowest BCUT2D eigenvalue weighted by molar-refractivity contribution is 0.271. The second-order valence-corrected chi connectivity index (χ2v) is 7.01. The number of rotatable bonds is 4. The van der Waals surface area contributed by atoms with Crippen molar-refractivity contribution < 1.29 is 13.5 Å². The van der Waals surface area contributed by atoms with Gasteiger partial charge in [-0.25, -0.2) is 13.4 Å².